The summed E-state index contributed by atoms with van der Waals surface area (Å²) in [5.74, 6) is 1.96. The number of hydrogen-bond donors (Lipinski definition) is 1. The van der Waals surface area contributed by atoms with Crippen LogP contribution in [0.1, 0.15) is 25.0 Å². The summed E-state index contributed by atoms with van der Waals surface area (Å²) >= 11 is 0. The van der Waals surface area contributed by atoms with Gasteiger partial charge in [0.25, 0.3) is 5.91 Å². The smallest absolute Gasteiger partial charge is 0.261 e. The molecule has 0 bridgehead atoms. The number of hydrogen-bond acceptors (Lipinski definition) is 6. The minimum Gasteiger partial charge on any atom is -0.490 e. The average Bonchev–Trinajstić information content (AvgIpc) is 3.15. The van der Waals surface area contributed by atoms with Crippen LogP contribution in [-0.2, 0) is 11.3 Å². The highest BCUT2D eigenvalue weighted by atomic mass is 16.7. The fraction of sp³-hybridized carbons (Fsp3) is 0.300. The number of ether oxygens (including phenoxy) is 4. The molecule has 1 amide bonds. The van der Waals surface area contributed by atoms with Crippen molar-refractivity contribution in [3.63, 3.8) is 0 Å². The Kier molecular flexibility index (Phi) is 5.67. The summed E-state index contributed by atoms with van der Waals surface area (Å²) in [7, 11) is 0. The van der Waals surface area contributed by atoms with Crippen LogP contribution in [0, 0.1) is 11.3 Å². The van der Waals surface area contributed by atoms with Gasteiger partial charge in [0.1, 0.15) is 0 Å². The van der Waals surface area contributed by atoms with Gasteiger partial charge < -0.3 is 24.3 Å². The maximum atomic E-state index is 12.4. The van der Waals surface area contributed by atoms with Gasteiger partial charge in [-0.15, -0.1) is 0 Å². The minimum atomic E-state index is -0.730. The Morgan fingerprint density at radius 3 is 2.81 bits per heavy atom. The average molecular weight is 368 g/mol. The summed E-state index contributed by atoms with van der Waals surface area (Å²) in [5, 5.41) is 11.8. The summed E-state index contributed by atoms with van der Waals surface area (Å²) in [6.45, 7) is 4.47. The SMILES string of the molecule is CCOc1cc(C#N)ccc1O[C@@H](C)C(=O)NCc1ccc2c(c1)OCO2. The first-order chi connectivity index (χ1) is 13.1. The molecular weight excluding hydrogens is 348 g/mol. The number of nitrogens with one attached hydrogen (secondary N) is 1. The maximum Gasteiger partial charge on any atom is 0.261 e. The second-order valence-electron chi connectivity index (χ2n) is 5.87. The van der Waals surface area contributed by atoms with Crippen LogP contribution in [0.25, 0.3) is 0 Å². The van der Waals surface area contributed by atoms with E-state index in [2.05, 4.69) is 11.4 Å². The Hall–Kier alpha value is -3.40. The van der Waals surface area contributed by atoms with Crippen LogP contribution in [0.5, 0.6) is 23.0 Å². The molecule has 0 radical (unpaired) electrons. The molecule has 0 saturated carbocycles. The molecule has 0 fully saturated rings. The number of nitriles is 1. The van der Waals surface area contributed by atoms with Crippen LogP contribution in [-0.4, -0.2) is 25.4 Å². The summed E-state index contributed by atoms with van der Waals surface area (Å²) in [6.07, 6.45) is -0.730. The highest BCUT2D eigenvalue weighted by Gasteiger charge is 2.18. The van der Waals surface area contributed by atoms with Crippen molar-refractivity contribution in [2.24, 2.45) is 0 Å². The van der Waals surface area contributed by atoms with Gasteiger partial charge in [0.05, 0.1) is 18.2 Å². The first kappa shape index (κ1) is 18.4. The van der Waals surface area contributed by atoms with Crippen LogP contribution in [0.3, 0.4) is 0 Å². The first-order valence-corrected chi connectivity index (χ1v) is 8.60. The van der Waals surface area contributed by atoms with Crippen LogP contribution in [0.4, 0.5) is 0 Å². The molecule has 140 valence electrons. The Labute approximate surface area is 157 Å². The van der Waals surface area contributed by atoms with E-state index in [1.807, 2.05) is 25.1 Å². The van der Waals surface area contributed by atoms with Crippen molar-refractivity contribution in [2.45, 2.75) is 26.5 Å². The predicted molar refractivity (Wildman–Crippen MR) is 96.8 cm³/mol. The van der Waals surface area contributed by atoms with Crippen molar-refractivity contribution >= 4 is 5.91 Å². The molecule has 0 aromatic heterocycles. The quantitative estimate of drug-likeness (QED) is 0.808. The summed E-state index contributed by atoms with van der Waals surface area (Å²) in [6, 6.07) is 12.4. The lowest BCUT2D eigenvalue weighted by Crippen LogP contribution is -2.36. The number of benzene rings is 2. The number of fused-ring (bicyclic) bond motifs is 1. The molecule has 27 heavy (non-hydrogen) atoms. The zero-order valence-corrected chi connectivity index (χ0v) is 15.2. The van der Waals surface area contributed by atoms with Crippen molar-refractivity contribution in [1.82, 2.24) is 5.32 Å². The summed E-state index contributed by atoms with van der Waals surface area (Å²) in [4.78, 5) is 12.4. The molecule has 3 rings (SSSR count). The highest BCUT2D eigenvalue weighted by molar-refractivity contribution is 5.80. The fourth-order valence-electron chi connectivity index (χ4n) is 2.57. The van der Waals surface area contributed by atoms with Crippen molar-refractivity contribution in [3.8, 4) is 29.1 Å². The molecule has 1 heterocycles. The molecule has 7 heteroatoms. The van der Waals surface area contributed by atoms with Crippen molar-refractivity contribution in [1.29, 1.82) is 5.26 Å². The van der Waals surface area contributed by atoms with E-state index < -0.39 is 6.10 Å². The van der Waals surface area contributed by atoms with Gasteiger partial charge in [0.2, 0.25) is 6.79 Å². The third-order valence-electron chi connectivity index (χ3n) is 3.95. The molecule has 0 aliphatic carbocycles. The van der Waals surface area contributed by atoms with E-state index in [0.717, 1.165) is 5.56 Å². The van der Waals surface area contributed by atoms with Crippen LogP contribution in [0.2, 0.25) is 0 Å². The molecule has 0 spiro atoms. The topological polar surface area (TPSA) is 89.8 Å². The fourth-order valence-corrected chi connectivity index (χ4v) is 2.57. The lowest BCUT2D eigenvalue weighted by molar-refractivity contribution is -0.127. The van der Waals surface area contributed by atoms with Gasteiger partial charge in [0.15, 0.2) is 29.1 Å². The molecule has 1 aliphatic rings. The second-order valence-corrected chi connectivity index (χ2v) is 5.87. The zero-order valence-electron chi connectivity index (χ0n) is 15.2. The lowest BCUT2D eigenvalue weighted by Gasteiger charge is -2.17. The molecule has 0 unspecified atom stereocenters. The number of carbonyl (C=O) groups is 1. The summed E-state index contributed by atoms with van der Waals surface area (Å²) < 4.78 is 21.8. The molecule has 1 atom stereocenters. The Morgan fingerprint density at radius 1 is 1.22 bits per heavy atom. The Balaban J connectivity index is 1.60. The van der Waals surface area contributed by atoms with Gasteiger partial charge in [-0.25, -0.2) is 0 Å². The third kappa shape index (κ3) is 4.42. The molecule has 1 aliphatic heterocycles. The van der Waals surface area contributed by atoms with Gasteiger partial charge >= 0.3 is 0 Å². The van der Waals surface area contributed by atoms with Gasteiger partial charge in [-0.2, -0.15) is 5.26 Å². The molecule has 2 aromatic rings. The highest BCUT2D eigenvalue weighted by Crippen LogP contribution is 2.32. The van der Waals surface area contributed by atoms with E-state index in [4.69, 9.17) is 24.2 Å². The zero-order chi connectivity index (χ0) is 19.2. The van der Waals surface area contributed by atoms with Crippen molar-refractivity contribution < 1.29 is 23.7 Å². The normalized spacial score (nSPS) is 12.8. The van der Waals surface area contributed by atoms with Gasteiger partial charge in [-0.1, -0.05) is 6.07 Å². The van der Waals surface area contributed by atoms with Crippen molar-refractivity contribution in [2.75, 3.05) is 13.4 Å². The third-order valence-corrected chi connectivity index (χ3v) is 3.95. The Morgan fingerprint density at radius 2 is 2.04 bits per heavy atom. The van der Waals surface area contributed by atoms with Gasteiger partial charge in [-0.05, 0) is 43.7 Å². The van der Waals surface area contributed by atoms with Crippen LogP contribution >= 0.6 is 0 Å². The monoisotopic (exact) mass is 368 g/mol. The van der Waals surface area contributed by atoms with E-state index >= 15 is 0 Å². The van der Waals surface area contributed by atoms with E-state index in [0.29, 0.717) is 41.7 Å². The van der Waals surface area contributed by atoms with E-state index in [1.54, 1.807) is 25.1 Å². The standard InChI is InChI=1S/C20H20N2O5/c1-3-24-19-8-14(10-21)4-7-17(19)27-13(2)20(23)22-11-15-5-6-16-18(9-15)26-12-25-16/h4-9,13H,3,11-12H2,1-2H3,(H,22,23)/t13-/m0/s1. The van der Waals surface area contributed by atoms with E-state index in [-0.39, 0.29) is 12.7 Å². The first-order valence-electron chi connectivity index (χ1n) is 8.60. The number of carbonyl (C=O) groups excluding carboxylic acids is 1. The van der Waals surface area contributed by atoms with E-state index in [1.165, 1.54) is 0 Å². The largest absolute Gasteiger partial charge is 0.490 e. The number of amides is 1. The Bertz CT molecular complexity index is 875. The van der Waals surface area contributed by atoms with Crippen LogP contribution < -0.4 is 24.3 Å². The minimum absolute atomic E-state index is 0.211. The van der Waals surface area contributed by atoms with Gasteiger partial charge in [0, 0.05) is 12.6 Å². The molecule has 0 saturated heterocycles. The van der Waals surface area contributed by atoms with E-state index in [9.17, 15) is 4.79 Å². The maximum absolute atomic E-state index is 12.4. The summed E-state index contributed by atoms with van der Waals surface area (Å²) in [5.41, 5.74) is 1.36. The van der Waals surface area contributed by atoms with Gasteiger partial charge in [-0.3, -0.25) is 4.79 Å². The molecular formula is C20H20N2O5. The second kappa shape index (κ2) is 8.32. The predicted octanol–water partition coefficient (Wildman–Crippen LogP) is 2.77. The molecule has 2 aromatic carbocycles. The number of rotatable bonds is 7. The lowest BCUT2D eigenvalue weighted by atomic mass is 10.2. The molecule has 1 N–H and O–H groups in total. The van der Waals surface area contributed by atoms with Crippen LogP contribution in [0.15, 0.2) is 36.4 Å². The van der Waals surface area contributed by atoms with Crippen molar-refractivity contribution in [3.05, 3.63) is 47.5 Å². The molecule has 7 nitrogen and oxygen atoms in total. The number of nitrogens with zero attached hydrogens (tertiary/aromatic N) is 1.